The van der Waals surface area contributed by atoms with Crippen LogP contribution in [0.1, 0.15) is 49.4 Å². The Balaban J connectivity index is 2.15. The number of hydrogen-bond acceptors (Lipinski definition) is 3. The summed E-state index contributed by atoms with van der Waals surface area (Å²) >= 11 is 0. The second-order valence-corrected chi connectivity index (χ2v) is 9.53. The molecule has 2 rings (SSSR count). The first-order valence-electron chi connectivity index (χ1n) is 8.92. The predicted molar refractivity (Wildman–Crippen MR) is 101 cm³/mol. The summed E-state index contributed by atoms with van der Waals surface area (Å²) in [6.07, 6.45) is 2.66. The van der Waals surface area contributed by atoms with Gasteiger partial charge in [-0.05, 0) is 43.7 Å². The number of carbonyl (C=O) groups excluding carboxylic acids is 1. The molecule has 1 aromatic rings. The molecule has 1 aromatic carbocycles. The fourth-order valence-electron chi connectivity index (χ4n) is 3.51. The van der Waals surface area contributed by atoms with Gasteiger partial charge in [0.05, 0.1) is 18.2 Å². The summed E-state index contributed by atoms with van der Waals surface area (Å²) < 4.78 is 25.0. The zero-order chi connectivity index (χ0) is 18.8. The summed E-state index contributed by atoms with van der Waals surface area (Å²) in [5, 5.41) is 3.17. The quantitative estimate of drug-likeness (QED) is 0.871. The van der Waals surface area contributed by atoms with Crippen molar-refractivity contribution < 1.29 is 13.2 Å². The summed E-state index contributed by atoms with van der Waals surface area (Å²) in [6.45, 7) is 9.09. The van der Waals surface area contributed by atoms with Crippen LogP contribution in [0.2, 0.25) is 0 Å². The fourth-order valence-corrected chi connectivity index (χ4v) is 4.42. The Hall–Kier alpha value is -1.40. The average molecular weight is 367 g/mol. The smallest absolute Gasteiger partial charge is 0.224 e. The third-order valence-corrected chi connectivity index (χ3v) is 6.22. The highest BCUT2D eigenvalue weighted by Crippen LogP contribution is 2.27. The van der Waals surface area contributed by atoms with Crippen molar-refractivity contribution in [2.75, 3.05) is 19.3 Å². The molecule has 6 heteroatoms. The minimum absolute atomic E-state index is 0.0491. The van der Waals surface area contributed by atoms with Gasteiger partial charge in [0, 0.05) is 13.1 Å². The van der Waals surface area contributed by atoms with E-state index in [0.29, 0.717) is 6.54 Å². The van der Waals surface area contributed by atoms with E-state index in [2.05, 4.69) is 51.2 Å². The second kappa shape index (κ2) is 7.87. The van der Waals surface area contributed by atoms with Gasteiger partial charge in [0.2, 0.25) is 15.9 Å². The Bertz CT molecular complexity index is 728. The van der Waals surface area contributed by atoms with Crippen LogP contribution in [0.15, 0.2) is 18.2 Å². The predicted octanol–water partition coefficient (Wildman–Crippen LogP) is 2.79. The molecule has 1 amide bonds. The maximum atomic E-state index is 12.8. The maximum Gasteiger partial charge on any atom is 0.224 e. The van der Waals surface area contributed by atoms with E-state index in [1.807, 2.05) is 0 Å². The molecule has 0 saturated carbocycles. The highest BCUT2D eigenvalue weighted by Gasteiger charge is 2.32. The van der Waals surface area contributed by atoms with Gasteiger partial charge in [-0.25, -0.2) is 12.7 Å². The molecule has 5 nitrogen and oxygen atoms in total. The number of piperidine rings is 1. The van der Waals surface area contributed by atoms with E-state index < -0.39 is 10.0 Å². The molecule has 1 N–H and O–H groups in total. The van der Waals surface area contributed by atoms with E-state index in [4.69, 9.17) is 0 Å². The SMILES string of the molecule is Cc1ccc([C@H](NC(=O)[C@@H]2CCCN(S(C)(=O)=O)C2)C(C)C)c(C)c1. The van der Waals surface area contributed by atoms with E-state index in [1.165, 1.54) is 21.7 Å². The molecule has 1 aliphatic heterocycles. The van der Waals surface area contributed by atoms with Crippen LogP contribution in [-0.2, 0) is 14.8 Å². The number of amides is 1. The van der Waals surface area contributed by atoms with Crippen LogP contribution < -0.4 is 5.32 Å². The van der Waals surface area contributed by atoms with Gasteiger partial charge in [-0.15, -0.1) is 0 Å². The monoisotopic (exact) mass is 366 g/mol. The van der Waals surface area contributed by atoms with Gasteiger partial charge in [-0.1, -0.05) is 37.6 Å². The minimum atomic E-state index is -3.25. The fraction of sp³-hybridized carbons (Fsp3) is 0.632. The number of sulfonamides is 1. The van der Waals surface area contributed by atoms with Crippen LogP contribution in [0.25, 0.3) is 0 Å². The van der Waals surface area contributed by atoms with E-state index in [-0.39, 0.29) is 30.3 Å². The molecule has 0 radical (unpaired) electrons. The van der Waals surface area contributed by atoms with Crippen LogP contribution in [0, 0.1) is 25.7 Å². The highest BCUT2D eigenvalue weighted by atomic mass is 32.2. The molecule has 0 spiro atoms. The summed E-state index contributed by atoms with van der Waals surface area (Å²) in [7, 11) is -3.25. The van der Waals surface area contributed by atoms with Gasteiger partial charge in [-0.2, -0.15) is 0 Å². The lowest BCUT2D eigenvalue weighted by Crippen LogP contribution is -2.46. The lowest BCUT2D eigenvalue weighted by molar-refractivity contribution is -0.127. The van der Waals surface area contributed by atoms with Gasteiger partial charge in [-0.3, -0.25) is 4.79 Å². The van der Waals surface area contributed by atoms with Crippen molar-refractivity contribution in [3.05, 3.63) is 34.9 Å². The molecule has 1 aliphatic rings. The first-order valence-corrected chi connectivity index (χ1v) is 10.8. The standard InChI is InChI=1S/C19H30N2O3S/c1-13(2)18(17-9-8-14(3)11-15(17)4)20-19(22)16-7-6-10-21(12-16)25(5,23)24/h8-9,11,13,16,18H,6-7,10,12H2,1-5H3,(H,20,22)/t16-,18-/m1/s1. The molecule has 140 valence electrons. The van der Waals surface area contributed by atoms with Gasteiger partial charge < -0.3 is 5.32 Å². The van der Waals surface area contributed by atoms with E-state index in [1.54, 1.807) is 0 Å². The number of carbonyl (C=O) groups is 1. The largest absolute Gasteiger partial charge is 0.349 e. The number of benzene rings is 1. The summed E-state index contributed by atoms with van der Waals surface area (Å²) in [6, 6.07) is 6.21. The Morgan fingerprint density at radius 2 is 1.96 bits per heavy atom. The number of nitrogens with one attached hydrogen (secondary N) is 1. The highest BCUT2D eigenvalue weighted by molar-refractivity contribution is 7.88. The Morgan fingerprint density at radius 3 is 2.52 bits per heavy atom. The van der Waals surface area contributed by atoms with Crippen molar-refractivity contribution in [3.8, 4) is 0 Å². The molecule has 0 unspecified atom stereocenters. The number of aryl methyl sites for hydroxylation is 2. The van der Waals surface area contributed by atoms with Gasteiger partial charge in [0.15, 0.2) is 0 Å². The Kier molecular flexibility index (Phi) is 6.27. The molecule has 1 saturated heterocycles. The molecular weight excluding hydrogens is 336 g/mol. The Labute approximate surface area is 151 Å². The van der Waals surface area contributed by atoms with Gasteiger partial charge in [0.25, 0.3) is 0 Å². The topological polar surface area (TPSA) is 66.5 Å². The molecule has 0 aromatic heterocycles. The van der Waals surface area contributed by atoms with E-state index in [9.17, 15) is 13.2 Å². The number of nitrogens with zero attached hydrogens (tertiary/aromatic N) is 1. The van der Waals surface area contributed by atoms with Crippen molar-refractivity contribution in [1.82, 2.24) is 9.62 Å². The molecular formula is C19H30N2O3S. The first-order chi connectivity index (χ1) is 11.6. The summed E-state index contributed by atoms with van der Waals surface area (Å²) in [5.41, 5.74) is 3.50. The normalized spacial score (nSPS) is 20.5. The molecule has 2 atom stereocenters. The summed E-state index contributed by atoms with van der Waals surface area (Å²) in [5.74, 6) is -0.0811. The lowest BCUT2D eigenvalue weighted by atomic mass is 9.90. The van der Waals surface area contributed by atoms with E-state index in [0.717, 1.165) is 18.4 Å². The minimum Gasteiger partial charge on any atom is -0.349 e. The third kappa shape index (κ3) is 5.05. The zero-order valence-corrected chi connectivity index (χ0v) is 16.7. The molecule has 25 heavy (non-hydrogen) atoms. The van der Waals surface area contributed by atoms with Crippen molar-refractivity contribution in [2.45, 2.75) is 46.6 Å². The van der Waals surface area contributed by atoms with Crippen molar-refractivity contribution >= 4 is 15.9 Å². The number of hydrogen-bond donors (Lipinski definition) is 1. The molecule has 0 aliphatic carbocycles. The van der Waals surface area contributed by atoms with Gasteiger partial charge >= 0.3 is 0 Å². The van der Waals surface area contributed by atoms with Crippen LogP contribution in [0.5, 0.6) is 0 Å². The van der Waals surface area contributed by atoms with Crippen molar-refractivity contribution in [1.29, 1.82) is 0 Å². The van der Waals surface area contributed by atoms with Crippen molar-refractivity contribution in [3.63, 3.8) is 0 Å². The average Bonchev–Trinajstić information content (AvgIpc) is 2.52. The van der Waals surface area contributed by atoms with Gasteiger partial charge in [0.1, 0.15) is 0 Å². The van der Waals surface area contributed by atoms with Crippen LogP contribution in [0.3, 0.4) is 0 Å². The van der Waals surface area contributed by atoms with Crippen LogP contribution in [-0.4, -0.2) is 38.0 Å². The summed E-state index contributed by atoms with van der Waals surface area (Å²) in [4.78, 5) is 12.8. The lowest BCUT2D eigenvalue weighted by Gasteiger charge is -2.32. The van der Waals surface area contributed by atoms with E-state index >= 15 is 0 Å². The van der Waals surface area contributed by atoms with Crippen LogP contribution >= 0.6 is 0 Å². The first kappa shape index (κ1) is 19.9. The van der Waals surface area contributed by atoms with Crippen molar-refractivity contribution in [2.24, 2.45) is 11.8 Å². The zero-order valence-electron chi connectivity index (χ0n) is 15.9. The maximum absolute atomic E-state index is 12.8. The van der Waals surface area contributed by atoms with Crippen LogP contribution in [0.4, 0.5) is 0 Å². The second-order valence-electron chi connectivity index (χ2n) is 7.55. The molecule has 1 fully saturated rings. The molecule has 1 heterocycles. The Morgan fingerprint density at radius 1 is 1.28 bits per heavy atom. The molecule has 0 bridgehead atoms. The third-order valence-electron chi connectivity index (χ3n) is 4.95. The number of rotatable bonds is 5.